The first kappa shape index (κ1) is 15.7. The van der Waals surface area contributed by atoms with E-state index in [2.05, 4.69) is 10.2 Å². The van der Waals surface area contributed by atoms with Gasteiger partial charge in [0.15, 0.2) is 5.82 Å². The van der Waals surface area contributed by atoms with Gasteiger partial charge in [-0.25, -0.2) is 13.6 Å². The smallest absolute Gasteiger partial charge is 0.273 e. The highest BCUT2D eigenvalue weighted by Gasteiger charge is 2.24. The zero-order valence-corrected chi connectivity index (χ0v) is 13.5. The molecule has 0 atom stereocenters. The molecule has 2 rings (SSSR count). The molecule has 1 aromatic heterocycles. The van der Waals surface area contributed by atoms with E-state index in [1.807, 2.05) is 45.9 Å². The number of benzene rings is 1. The van der Waals surface area contributed by atoms with Gasteiger partial charge in [-0.2, -0.15) is 0 Å². The maximum Gasteiger partial charge on any atom is 0.273 e. The van der Waals surface area contributed by atoms with Crippen molar-refractivity contribution in [1.29, 1.82) is 0 Å². The van der Waals surface area contributed by atoms with Gasteiger partial charge < -0.3 is 0 Å². The van der Waals surface area contributed by atoms with Gasteiger partial charge in [0.1, 0.15) is 0 Å². The maximum absolute atomic E-state index is 11.7. The molecule has 0 aliphatic carbocycles. The molecule has 0 amide bonds. The van der Waals surface area contributed by atoms with Crippen molar-refractivity contribution < 1.29 is 8.42 Å². The molecule has 2 N–H and O–H groups in total. The molecule has 0 saturated heterocycles. The Balaban J connectivity index is 2.73. The molecule has 6 nitrogen and oxygen atoms in total. The summed E-state index contributed by atoms with van der Waals surface area (Å²) in [6.45, 7) is 8.42. The summed E-state index contributed by atoms with van der Waals surface area (Å²) in [5.74, 6) is 0.785. The van der Waals surface area contributed by atoms with Crippen molar-refractivity contribution in [3.63, 3.8) is 0 Å². The first-order valence-corrected chi connectivity index (χ1v) is 8.29. The number of rotatable bonds is 4. The topological polar surface area (TPSA) is 90.9 Å². The zero-order valence-electron chi connectivity index (χ0n) is 12.7. The third kappa shape index (κ3) is 3.14. The van der Waals surface area contributed by atoms with Crippen LogP contribution >= 0.6 is 0 Å². The van der Waals surface area contributed by atoms with Crippen LogP contribution in [0.25, 0.3) is 11.4 Å². The lowest BCUT2D eigenvalue weighted by molar-refractivity contribution is 0.486. The van der Waals surface area contributed by atoms with Gasteiger partial charge in [0, 0.05) is 12.1 Å². The lowest BCUT2D eigenvalue weighted by Gasteiger charge is -2.14. The van der Waals surface area contributed by atoms with Crippen molar-refractivity contribution in [1.82, 2.24) is 14.8 Å². The first-order chi connectivity index (χ1) is 9.71. The second-order valence-corrected chi connectivity index (χ2v) is 7.08. The van der Waals surface area contributed by atoms with Gasteiger partial charge in [0.2, 0.25) is 0 Å². The van der Waals surface area contributed by atoms with E-state index in [0.29, 0.717) is 12.4 Å². The largest absolute Gasteiger partial charge is 0.296 e. The summed E-state index contributed by atoms with van der Waals surface area (Å²) in [5, 5.41) is 12.9. The van der Waals surface area contributed by atoms with E-state index in [0.717, 1.165) is 16.7 Å². The van der Waals surface area contributed by atoms with Crippen LogP contribution < -0.4 is 5.14 Å². The van der Waals surface area contributed by atoms with Crippen LogP contribution in [0, 0.1) is 19.8 Å². The molecular formula is C14H20N4O2S. The summed E-state index contributed by atoms with van der Waals surface area (Å²) in [7, 11) is -3.90. The Morgan fingerprint density at radius 1 is 1.19 bits per heavy atom. The van der Waals surface area contributed by atoms with Crippen molar-refractivity contribution >= 4 is 10.0 Å². The van der Waals surface area contributed by atoms with E-state index < -0.39 is 10.0 Å². The Morgan fingerprint density at radius 3 is 2.24 bits per heavy atom. The number of aromatic nitrogens is 3. The minimum absolute atomic E-state index is 0.186. The number of aryl methyl sites for hydroxylation is 2. The van der Waals surface area contributed by atoms with Crippen LogP contribution in [0.1, 0.15) is 25.0 Å². The quantitative estimate of drug-likeness (QED) is 0.933. The molecule has 21 heavy (non-hydrogen) atoms. The highest BCUT2D eigenvalue weighted by Crippen LogP contribution is 2.27. The molecule has 0 unspecified atom stereocenters. The molecule has 0 saturated carbocycles. The molecular weight excluding hydrogens is 288 g/mol. The van der Waals surface area contributed by atoms with Crippen molar-refractivity contribution in [2.75, 3.05) is 0 Å². The molecule has 0 aliphatic heterocycles. The molecule has 0 aliphatic rings. The Kier molecular flexibility index (Phi) is 4.15. The van der Waals surface area contributed by atoms with Crippen LogP contribution in [-0.2, 0) is 16.6 Å². The van der Waals surface area contributed by atoms with Gasteiger partial charge in [0.25, 0.3) is 15.2 Å². The number of hydrogen-bond acceptors (Lipinski definition) is 4. The third-order valence-corrected chi connectivity index (χ3v) is 4.03. The highest BCUT2D eigenvalue weighted by atomic mass is 32.2. The van der Waals surface area contributed by atoms with Crippen LogP contribution in [-0.4, -0.2) is 23.2 Å². The van der Waals surface area contributed by atoms with E-state index in [-0.39, 0.29) is 11.1 Å². The second kappa shape index (κ2) is 5.57. The van der Waals surface area contributed by atoms with E-state index in [9.17, 15) is 8.42 Å². The molecule has 1 aromatic carbocycles. The van der Waals surface area contributed by atoms with Crippen LogP contribution in [0.2, 0.25) is 0 Å². The van der Waals surface area contributed by atoms with Crippen molar-refractivity contribution in [3.05, 3.63) is 29.3 Å². The van der Waals surface area contributed by atoms with Crippen LogP contribution in [0.15, 0.2) is 23.4 Å². The predicted molar refractivity (Wildman–Crippen MR) is 81.1 cm³/mol. The number of nitrogens with two attached hydrogens (primary N) is 1. The van der Waals surface area contributed by atoms with Gasteiger partial charge in [-0.1, -0.05) is 32.0 Å². The molecule has 0 bridgehead atoms. The van der Waals surface area contributed by atoms with E-state index in [1.165, 1.54) is 0 Å². The lowest BCUT2D eigenvalue weighted by atomic mass is 10.0. The number of sulfonamides is 1. The molecule has 1 heterocycles. The minimum atomic E-state index is -3.90. The average Bonchev–Trinajstić information content (AvgIpc) is 2.71. The predicted octanol–water partition coefficient (Wildman–Crippen LogP) is 1.87. The fraction of sp³-hybridized carbons (Fsp3) is 0.429. The molecule has 0 radical (unpaired) electrons. The summed E-state index contributed by atoms with van der Waals surface area (Å²) < 4.78 is 25.0. The molecule has 7 heteroatoms. The van der Waals surface area contributed by atoms with E-state index >= 15 is 0 Å². The Labute approximate surface area is 125 Å². The molecule has 114 valence electrons. The lowest BCUT2D eigenvalue weighted by Crippen LogP contribution is -2.20. The first-order valence-electron chi connectivity index (χ1n) is 6.74. The van der Waals surface area contributed by atoms with E-state index in [1.54, 1.807) is 4.57 Å². The summed E-state index contributed by atoms with van der Waals surface area (Å²) >= 11 is 0. The summed E-state index contributed by atoms with van der Waals surface area (Å²) in [5.41, 5.74) is 2.95. The van der Waals surface area contributed by atoms with Gasteiger partial charge in [-0.3, -0.25) is 4.57 Å². The second-order valence-electron chi connectivity index (χ2n) is 5.62. The highest BCUT2D eigenvalue weighted by molar-refractivity contribution is 7.89. The van der Waals surface area contributed by atoms with Crippen molar-refractivity contribution in [2.24, 2.45) is 11.1 Å². The third-order valence-electron chi connectivity index (χ3n) is 3.22. The van der Waals surface area contributed by atoms with Crippen LogP contribution in [0.5, 0.6) is 0 Å². The van der Waals surface area contributed by atoms with Gasteiger partial charge in [-0.15, -0.1) is 10.2 Å². The molecule has 0 fully saturated rings. The Bertz CT molecular complexity index is 743. The fourth-order valence-electron chi connectivity index (χ4n) is 2.38. The SMILES string of the molecule is Cc1cccc(C)c1-c1nnc(S(N)(=O)=O)n1CC(C)C. The van der Waals surface area contributed by atoms with E-state index in [4.69, 9.17) is 5.14 Å². The van der Waals surface area contributed by atoms with Gasteiger partial charge >= 0.3 is 0 Å². The monoisotopic (exact) mass is 308 g/mol. The average molecular weight is 308 g/mol. The number of nitrogens with zero attached hydrogens (tertiary/aromatic N) is 3. The van der Waals surface area contributed by atoms with Crippen molar-refractivity contribution in [3.8, 4) is 11.4 Å². The summed E-state index contributed by atoms with van der Waals surface area (Å²) in [4.78, 5) is 0. The van der Waals surface area contributed by atoms with Gasteiger partial charge in [0.05, 0.1) is 0 Å². The zero-order chi connectivity index (χ0) is 15.8. The number of hydrogen-bond donors (Lipinski definition) is 1. The molecule has 2 aromatic rings. The maximum atomic E-state index is 11.7. The van der Waals surface area contributed by atoms with Crippen LogP contribution in [0.3, 0.4) is 0 Å². The summed E-state index contributed by atoms with van der Waals surface area (Å²) in [6.07, 6.45) is 0. The molecule has 0 spiro atoms. The van der Waals surface area contributed by atoms with Crippen LogP contribution in [0.4, 0.5) is 0 Å². The number of primary sulfonamides is 1. The summed E-state index contributed by atoms with van der Waals surface area (Å²) in [6, 6.07) is 5.89. The minimum Gasteiger partial charge on any atom is -0.296 e. The Morgan fingerprint density at radius 2 is 1.76 bits per heavy atom. The normalized spacial score (nSPS) is 12.1. The fourth-order valence-corrected chi connectivity index (χ4v) is 3.00. The van der Waals surface area contributed by atoms with Crippen molar-refractivity contribution in [2.45, 2.75) is 39.4 Å². The Hall–Kier alpha value is -1.73. The standard InChI is InChI=1S/C14H20N4O2S/c1-9(2)8-18-13(16-17-14(18)21(15,19)20)12-10(3)6-5-7-11(12)4/h5-7,9H,8H2,1-4H3,(H2,15,19,20). The van der Waals surface area contributed by atoms with Gasteiger partial charge in [-0.05, 0) is 30.9 Å².